The maximum absolute atomic E-state index is 11.6. The molecule has 1 saturated carbocycles. The van der Waals surface area contributed by atoms with Crippen molar-refractivity contribution in [2.24, 2.45) is 11.8 Å². The number of hydrogen-bond acceptors (Lipinski definition) is 6. The van der Waals surface area contributed by atoms with Crippen molar-refractivity contribution in [2.75, 3.05) is 13.6 Å². The fraction of sp³-hybridized carbons (Fsp3) is 0.471. The SMILES string of the molecule is C=C(C)C(=O)OCOc1ccc(CC2CCC(Cc3ccc(OCOC(=O)C(=C)C)c(C)c3C)CC2)c(C)c1C. The molecule has 0 saturated heterocycles. The second-order valence-electron chi connectivity index (χ2n) is 11.2. The summed E-state index contributed by atoms with van der Waals surface area (Å²) in [7, 11) is 0. The van der Waals surface area contributed by atoms with Gasteiger partial charge in [-0.05, 0) is 137 Å². The number of hydrogen-bond donors (Lipinski definition) is 0. The van der Waals surface area contributed by atoms with Crippen LogP contribution in [0.2, 0.25) is 0 Å². The van der Waals surface area contributed by atoms with Crippen molar-refractivity contribution in [2.45, 2.75) is 80.1 Å². The van der Waals surface area contributed by atoms with Crippen molar-refractivity contribution in [3.8, 4) is 11.5 Å². The third-order valence-corrected chi connectivity index (χ3v) is 8.19. The highest BCUT2D eigenvalue weighted by Crippen LogP contribution is 2.36. The zero-order chi connectivity index (χ0) is 29.4. The Hall–Kier alpha value is -3.54. The number of esters is 2. The van der Waals surface area contributed by atoms with E-state index in [1.165, 1.54) is 47.9 Å². The third-order valence-electron chi connectivity index (χ3n) is 8.19. The summed E-state index contributed by atoms with van der Waals surface area (Å²) in [5, 5.41) is 0. The summed E-state index contributed by atoms with van der Waals surface area (Å²) in [5.74, 6) is 1.95. The Kier molecular flexibility index (Phi) is 11.0. The predicted molar refractivity (Wildman–Crippen MR) is 157 cm³/mol. The van der Waals surface area contributed by atoms with E-state index in [0.717, 1.165) is 35.5 Å². The van der Waals surface area contributed by atoms with Crippen LogP contribution in [0.5, 0.6) is 11.5 Å². The zero-order valence-corrected chi connectivity index (χ0v) is 25.0. The molecule has 0 amide bonds. The second-order valence-corrected chi connectivity index (χ2v) is 11.2. The van der Waals surface area contributed by atoms with E-state index in [4.69, 9.17) is 18.9 Å². The Bertz CT molecular complexity index is 1150. The van der Waals surface area contributed by atoms with Gasteiger partial charge in [-0.25, -0.2) is 9.59 Å². The summed E-state index contributed by atoms with van der Waals surface area (Å²) < 4.78 is 21.5. The smallest absolute Gasteiger partial charge is 0.335 e. The molecule has 1 fully saturated rings. The van der Waals surface area contributed by atoms with E-state index < -0.39 is 11.9 Å². The fourth-order valence-corrected chi connectivity index (χ4v) is 5.26. The molecule has 6 nitrogen and oxygen atoms in total. The molecular weight excluding hydrogens is 504 g/mol. The van der Waals surface area contributed by atoms with Crippen LogP contribution in [-0.4, -0.2) is 25.5 Å². The molecule has 0 aromatic heterocycles. The van der Waals surface area contributed by atoms with Gasteiger partial charge in [0, 0.05) is 11.1 Å². The minimum absolute atomic E-state index is 0.116. The molecule has 0 N–H and O–H groups in total. The number of rotatable bonds is 12. The van der Waals surface area contributed by atoms with Crippen molar-refractivity contribution in [3.05, 3.63) is 82.0 Å². The average Bonchev–Trinajstić information content (AvgIpc) is 2.92. The highest BCUT2D eigenvalue weighted by Gasteiger charge is 2.23. The topological polar surface area (TPSA) is 71.1 Å². The van der Waals surface area contributed by atoms with E-state index >= 15 is 0 Å². The Labute approximate surface area is 239 Å². The lowest BCUT2D eigenvalue weighted by atomic mass is 9.76. The maximum Gasteiger partial charge on any atom is 0.335 e. The first-order valence-corrected chi connectivity index (χ1v) is 14.1. The van der Waals surface area contributed by atoms with Crippen molar-refractivity contribution < 1.29 is 28.5 Å². The minimum atomic E-state index is -0.447. The van der Waals surface area contributed by atoms with Crippen molar-refractivity contribution in [3.63, 3.8) is 0 Å². The van der Waals surface area contributed by atoms with E-state index in [9.17, 15) is 9.59 Å². The monoisotopic (exact) mass is 548 g/mol. The highest BCUT2D eigenvalue weighted by molar-refractivity contribution is 5.87. The molecule has 3 rings (SSSR count). The van der Waals surface area contributed by atoms with Crippen LogP contribution in [0.15, 0.2) is 48.6 Å². The Morgan fingerprint density at radius 2 is 1.00 bits per heavy atom. The zero-order valence-electron chi connectivity index (χ0n) is 25.0. The van der Waals surface area contributed by atoms with Crippen LogP contribution in [0.25, 0.3) is 0 Å². The number of ether oxygens (including phenoxy) is 4. The molecule has 0 heterocycles. The highest BCUT2D eigenvalue weighted by atomic mass is 16.7. The van der Waals surface area contributed by atoms with Crippen LogP contribution in [0, 0.1) is 39.5 Å². The number of carbonyl (C=O) groups is 2. The molecular formula is C34H44O6. The minimum Gasteiger partial charge on any atom is -0.457 e. The first-order chi connectivity index (χ1) is 19.0. The molecule has 0 spiro atoms. The number of carbonyl (C=O) groups excluding carboxylic acids is 2. The van der Waals surface area contributed by atoms with Gasteiger partial charge in [0.05, 0.1) is 0 Å². The van der Waals surface area contributed by atoms with Gasteiger partial charge in [-0.15, -0.1) is 0 Å². The van der Waals surface area contributed by atoms with Crippen LogP contribution in [0.1, 0.15) is 72.9 Å². The molecule has 0 aliphatic heterocycles. The molecule has 0 unspecified atom stereocenters. The molecule has 0 atom stereocenters. The first-order valence-electron chi connectivity index (χ1n) is 14.1. The van der Waals surface area contributed by atoms with Gasteiger partial charge >= 0.3 is 11.9 Å². The molecule has 1 aliphatic rings. The molecule has 216 valence electrons. The van der Waals surface area contributed by atoms with Gasteiger partial charge in [0.1, 0.15) is 11.5 Å². The summed E-state index contributed by atoms with van der Waals surface area (Å²) in [4.78, 5) is 23.2. The lowest BCUT2D eigenvalue weighted by molar-refractivity contribution is -0.146. The van der Waals surface area contributed by atoms with Crippen LogP contribution in [0.3, 0.4) is 0 Å². The normalized spacial score (nSPS) is 16.6. The van der Waals surface area contributed by atoms with Crippen LogP contribution in [-0.2, 0) is 31.9 Å². The van der Waals surface area contributed by atoms with E-state index in [0.29, 0.717) is 23.0 Å². The Morgan fingerprint density at radius 1 is 0.650 bits per heavy atom. The molecule has 0 radical (unpaired) electrons. The van der Waals surface area contributed by atoms with Gasteiger partial charge in [0.2, 0.25) is 13.6 Å². The van der Waals surface area contributed by atoms with Crippen LogP contribution < -0.4 is 9.47 Å². The largest absolute Gasteiger partial charge is 0.457 e. The lowest BCUT2D eigenvalue weighted by Gasteiger charge is -2.30. The summed E-state index contributed by atoms with van der Waals surface area (Å²) in [5.41, 5.74) is 8.11. The summed E-state index contributed by atoms with van der Waals surface area (Å²) in [6.07, 6.45) is 7.06. The molecule has 6 heteroatoms. The molecule has 2 aromatic rings. The Morgan fingerprint density at radius 3 is 1.32 bits per heavy atom. The van der Waals surface area contributed by atoms with Crippen LogP contribution >= 0.6 is 0 Å². The van der Waals surface area contributed by atoms with Gasteiger partial charge in [0.15, 0.2) is 0 Å². The molecule has 2 aromatic carbocycles. The van der Waals surface area contributed by atoms with E-state index in [-0.39, 0.29) is 13.6 Å². The van der Waals surface area contributed by atoms with Gasteiger partial charge in [-0.2, -0.15) is 0 Å². The fourth-order valence-electron chi connectivity index (χ4n) is 5.26. The maximum atomic E-state index is 11.6. The molecule has 0 bridgehead atoms. The van der Waals surface area contributed by atoms with Gasteiger partial charge in [-0.3, -0.25) is 0 Å². The van der Waals surface area contributed by atoms with Crippen molar-refractivity contribution in [1.29, 1.82) is 0 Å². The quantitative estimate of drug-likeness (QED) is 0.156. The summed E-state index contributed by atoms with van der Waals surface area (Å²) in [6.45, 7) is 18.6. The average molecular weight is 549 g/mol. The van der Waals surface area contributed by atoms with Crippen molar-refractivity contribution >= 4 is 11.9 Å². The van der Waals surface area contributed by atoms with Gasteiger partial charge in [0.25, 0.3) is 0 Å². The van der Waals surface area contributed by atoms with Crippen LogP contribution in [0.4, 0.5) is 0 Å². The predicted octanol–water partition coefficient (Wildman–Crippen LogP) is 7.42. The Balaban J connectivity index is 1.50. The molecule has 1 aliphatic carbocycles. The standard InChI is InChI=1S/C34H44O6/c1-21(2)33(35)39-19-37-31-15-13-29(23(5)25(31)7)17-27-9-11-28(12-10-27)18-30-14-16-32(26(8)24(30)6)38-20-40-34(36)22(3)4/h13-16,27-28H,1,3,9-12,17-20H2,2,4-8H3. The number of benzene rings is 2. The van der Waals surface area contributed by atoms with E-state index in [2.05, 4.69) is 53.0 Å². The van der Waals surface area contributed by atoms with Crippen molar-refractivity contribution in [1.82, 2.24) is 0 Å². The summed E-state index contributed by atoms with van der Waals surface area (Å²) in [6, 6.07) is 8.28. The molecule has 40 heavy (non-hydrogen) atoms. The second kappa shape index (κ2) is 14.2. The lowest BCUT2D eigenvalue weighted by Crippen LogP contribution is -2.19. The third kappa shape index (κ3) is 8.23. The van der Waals surface area contributed by atoms with E-state index in [1.54, 1.807) is 13.8 Å². The van der Waals surface area contributed by atoms with Gasteiger partial charge < -0.3 is 18.9 Å². The summed E-state index contributed by atoms with van der Waals surface area (Å²) >= 11 is 0. The van der Waals surface area contributed by atoms with E-state index in [1.807, 2.05) is 12.1 Å². The van der Waals surface area contributed by atoms with Gasteiger partial charge in [-0.1, -0.05) is 25.3 Å². The first kappa shape index (κ1) is 31.0.